The average molecular weight is 375 g/mol. The molecule has 0 bridgehead atoms. The van der Waals surface area contributed by atoms with E-state index in [1.165, 1.54) is 49.3 Å². The standard InChI is InChI=1S/C24H26FN3/c25-22-13-18(7-8-19(22)14-26)21-4-1-3-20(23(21)17-5-6-17)15-28-12-2-9-24(16-28)10-11-27-24/h1,3-4,7-8,13,17,27H,2,5-6,9-12,15-16H2. The lowest BCUT2D eigenvalue weighted by atomic mass is 9.80. The number of rotatable bonds is 4. The van der Waals surface area contributed by atoms with Crippen LogP contribution in [0.3, 0.4) is 0 Å². The first-order valence-corrected chi connectivity index (χ1v) is 10.5. The summed E-state index contributed by atoms with van der Waals surface area (Å²) in [5.74, 6) is 0.159. The molecule has 1 unspecified atom stereocenters. The molecular weight excluding hydrogens is 349 g/mol. The van der Waals surface area contributed by atoms with E-state index in [0.29, 0.717) is 11.5 Å². The first-order valence-electron chi connectivity index (χ1n) is 10.5. The molecule has 1 spiro atoms. The first-order chi connectivity index (χ1) is 13.7. The van der Waals surface area contributed by atoms with E-state index in [2.05, 4.69) is 28.4 Å². The maximum absolute atomic E-state index is 14.3. The van der Waals surface area contributed by atoms with E-state index >= 15 is 0 Å². The largest absolute Gasteiger partial charge is 0.310 e. The van der Waals surface area contributed by atoms with E-state index < -0.39 is 5.82 Å². The molecule has 4 heteroatoms. The van der Waals surface area contributed by atoms with Crippen LogP contribution in [-0.4, -0.2) is 30.1 Å². The monoisotopic (exact) mass is 375 g/mol. The minimum atomic E-state index is -0.429. The number of piperidine rings is 1. The number of nitrogens with zero attached hydrogens (tertiary/aromatic N) is 2. The highest BCUT2D eigenvalue weighted by molar-refractivity contribution is 5.71. The van der Waals surface area contributed by atoms with Crippen molar-refractivity contribution in [1.82, 2.24) is 10.2 Å². The number of benzene rings is 2. The van der Waals surface area contributed by atoms with Gasteiger partial charge in [-0.05, 0) is 85.5 Å². The number of nitrogens with one attached hydrogen (secondary N) is 1. The molecule has 3 fully saturated rings. The predicted molar refractivity (Wildman–Crippen MR) is 108 cm³/mol. The lowest BCUT2D eigenvalue weighted by Crippen LogP contribution is -2.64. The van der Waals surface area contributed by atoms with Gasteiger partial charge in [-0.1, -0.05) is 24.3 Å². The minimum absolute atomic E-state index is 0.111. The molecule has 28 heavy (non-hydrogen) atoms. The molecule has 1 aliphatic carbocycles. The quantitative estimate of drug-likeness (QED) is 0.851. The zero-order chi connectivity index (χ0) is 19.1. The average Bonchev–Trinajstić information content (AvgIpc) is 3.52. The third kappa shape index (κ3) is 3.23. The van der Waals surface area contributed by atoms with Gasteiger partial charge < -0.3 is 5.32 Å². The van der Waals surface area contributed by atoms with E-state index in [1.807, 2.05) is 12.1 Å². The molecule has 1 N–H and O–H groups in total. The van der Waals surface area contributed by atoms with Gasteiger partial charge in [-0.25, -0.2) is 4.39 Å². The Morgan fingerprint density at radius 1 is 1.21 bits per heavy atom. The molecule has 0 aromatic heterocycles. The predicted octanol–water partition coefficient (Wildman–Crippen LogP) is 4.57. The minimum Gasteiger partial charge on any atom is -0.310 e. The summed E-state index contributed by atoms with van der Waals surface area (Å²) < 4.78 is 14.3. The molecule has 2 aromatic carbocycles. The second-order valence-electron chi connectivity index (χ2n) is 8.73. The fourth-order valence-electron chi connectivity index (χ4n) is 5.06. The van der Waals surface area contributed by atoms with Crippen molar-refractivity contribution in [1.29, 1.82) is 5.26 Å². The van der Waals surface area contributed by atoms with E-state index in [4.69, 9.17) is 5.26 Å². The Bertz CT molecular complexity index is 937. The normalized spacial score (nSPS) is 24.7. The van der Waals surface area contributed by atoms with Crippen molar-refractivity contribution < 1.29 is 4.39 Å². The number of hydrogen-bond acceptors (Lipinski definition) is 3. The molecule has 2 aromatic rings. The van der Waals surface area contributed by atoms with Gasteiger partial charge in [0.05, 0.1) is 5.56 Å². The summed E-state index contributed by atoms with van der Waals surface area (Å²) in [7, 11) is 0. The molecule has 5 rings (SSSR count). The van der Waals surface area contributed by atoms with Crippen LogP contribution >= 0.6 is 0 Å². The van der Waals surface area contributed by atoms with Crippen LogP contribution in [-0.2, 0) is 6.54 Å². The number of halogens is 1. The van der Waals surface area contributed by atoms with E-state index in [1.54, 1.807) is 6.07 Å². The molecule has 0 amide bonds. The van der Waals surface area contributed by atoms with Crippen molar-refractivity contribution in [3.63, 3.8) is 0 Å². The Labute approximate surface area is 166 Å². The van der Waals surface area contributed by atoms with Gasteiger partial charge in [0.2, 0.25) is 0 Å². The lowest BCUT2D eigenvalue weighted by molar-refractivity contribution is 0.0670. The smallest absolute Gasteiger partial charge is 0.141 e. The maximum Gasteiger partial charge on any atom is 0.141 e. The zero-order valence-corrected chi connectivity index (χ0v) is 16.2. The fourth-order valence-corrected chi connectivity index (χ4v) is 5.06. The van der Waals surface area contributed by atoms with Crippen LogP contribution in [0.15, 0.2) is 36.4 Å². The number of likely N-dealkylation sites (tertiary alicyclic amines) is 1. The van der Waals surface area contributed by atoms with Gasteiger partial charge in [-0.3, -0.25) is 4.90 Å². The van der Waals surface area contributed by atoms with Crippen molar-refractivity contribution in [2.45, 2.75) is 50.1 Å². The van der Waals surface area contributed by atoms with Crippen molar-refractivity contribution in [2.75, 3.05) is 19.6 Å². The van der Waals surface area contributed by atoms with Crippen molar-refractivity contribution in [3.05, 3.63) is 58.9 Å². The SMILES string of the molecule is N#Cc1ccc(-c2cccc(CN3CCCC4(CCN4)C3)c2C2CC2)cc1F. The van der Waals surface area contributed by atoms with Crippen LogP contribution in [0.1, 0.15) is 54.7 Å². The molecule has 0 radical (unpaired) electrons. The molecule has 2 saturated heterocycles. The van der Waals surface area contributed by atoms with Crippen LogP contribution in [0, 0.1) is 17.1 Å². The third-order valence-corrected chi connectivity index (χ3v) is 6.74. The summed E-state index contributed by atoms with van der Waals surface area (Å²) in [5, 5.41) is 12.7. The molecule has 3 aliphatic rings. The van der Waals surface area contributed by atoms with Crippen molar-refractivity contribution in [3.8, 4) is 17.2 Å². The Morgan fingerprint density at radius 3 is 2.75 bits per heavy atom. The summed E-state index contributed by atoms with van der Waals surface area (Å²) in [6.07, 6.45) is 6.28. The van der Waals surface area contributed by atoms with Gasteiger partial charge in [0, 0.05) is 18.6 Å². The van der Waals surface area contributed by atoms with Crippen molar-refractivity contribution >= 4 is 0 Å². The summed E-state index contributed by atoms with van der Waals surface area (Å²) >= 11 is 0. The van der Waals surface area contributed by atoms with Gasteiger partial charge in [0.1, 0.15) is 11.9 Å². The highest BCUT2D eigenvalue weighted by Crippen LogP contribution is 2.46. The van der Waals surface area contributed by atoms with E-state index in [-0.39, 0.29) is 5.56 Å². The van der Waals surface area contributed by atoms with Crippen LogP contribution in [0.5, 0.6) is 0 Å². The van der Waals surface area contributed by atoms with Crippen LogP contribution in [0.4, 0.5) is 4.39 Å². The highest BCUT2D eigenvalue weighted by atomic mass is 19.1. The molecule has 2 heterocycles. The highest BCUT2D eigenvalue weighted by Gasteiger charge is 2.40. The summed E-state index contributed by atoms with van der Waals surface area (Å²) in [5.41, 5.74) is 5.27. The molecule has 1 saturated carbocycles. The summed E-state index contributed by atoms with van der Waals surface area (Å²) in [4.78, 5) is 2.60. The molecule has 144 valence electrons. The third-order valence-electron chi connectivity index (χ3n) is 6.74. The van der Waals surface area contributed by atoms with Gasteiger partial charge >= 0.3 is 0 Å². The molecule has 3 nitrogen and oxygen atoms in total. The number of nitriles is 1. The second kappa shape index (κ2) is 6.99. The topological polar surface area (TPSA) is 39.1 Å². The van der Waals surface area contributed by atoms with Crippen LogP contribution in [0.2, 0.25) is 0 Å². The number of hydrogen-bond donors (Lipinski definition) is 1. The Morgan fingerprint density at radius 2 is 2.07 bits per heavy atom. The van der Waals surface area contributed by atoms with Gasteiger partial charge in [-0.2, -0.15) is 5.26 Å². The summed E-state index contributed by atoms with van der Waals surface area (Å²) in [6, 6.07) is 13.4. The first kappa shape index (κ1) is 17.8. The molecule has 1 atom stereocenters. The Hall–Kier alpha value is -2.22. The van der Waals surface area contributed by atoms with Gasteiger partial charge in [-0.15, -0.1) is 0 Å². The molecular formula is C24H26FN3. The van der Waals surface area contributed by atoms with Crippen LogP contribution in [0.25, 0.3) is 11.1 Å². The molecule has 2 aliphatic heterocycles. The second-order valence-corrected chi connectivity index (χ2v) is 8.73. The zero-order valence-electron chi connectivity index (χ0n) is 16.2. The van der Waals surface area contributed by atoms with E-state index in [9.17, 15) is 4.39 Å². The van der Waals surface area contributed by atoms with Gasteiger partial charge in [0.25, 0.3) is 0 Å². The van der Waals surface area contributed by atoms with Gasteiger partial charge in [0.15, 0.2) is 0 Å². The fraction of sp³-hybridized carbons (Fsp3) is 0.458. The van der Waals surface area contributed by atoms with Crippen LogP contribution < -0.4 is 5.32 Å². The lowest BCUT2D eigenvalue weighted by Gasteiger charge is -2.50. The summed E-state index contributed by atoms with van der Waals surface area (Å²) in [6.45, 7) is 4.42. The maximum atomic E-state index is 14.3. The van der Waals surface area contributed by atoms with Crippen molar-refractivity contribution in [2.24, 2.45) is 0 Å². The Balaban J connectivity index is 1.47. The Kier molecular flexibility index (Phi) is 4.45. The van der Waals surface area contributed by atoms with E-state index in [0.717, 1.165) is 37.3 Å².